The fourth-order valence-corrected chi connectivity index (χ4v) is 4.44. The molecule has 1 aliphatic heterocycles. The lowest BCUT2D eigenvalue weighted by atomic mass is 9.79. The molecule has 1 N–H and O–H groups in total. The van der Waals surface area contributed by atoms with Gasteiger partial charge in [-0.2, -0.15) is 0 Å². The Balaban J connectivity index is 1.53. The van der Waals surface area contributed by atoms with Gasteiger partial charge in [-0.3, -0.25) is 9.69 Å². The van der Waals surface area contributed by atoms with Crippen LogP contribution in [-0.4, -0.2) is 58.7 Å². The van der Waals surface area contributed by atoms with Crippen molar-refractivity contribution in [1.82, 2.24) is 19.8 Å². The second kappa shape index (κ2) is 9.00. The number of carbonyl (C=O) groups excluding carboxylic acids is 1. The number of aryl methyl sites for hydroxylation is 1. The Morgan fingerprint density at radius 3 is 2.69 bits per heavy atom. The van der Waals surface area contributed by atoms with Crippen molar-refractivity contribution in [3.63, 3.8) is 0 Å². The zero-order chi connectivity index (χ0) is 18.4. The van der Waals surface area contributed by atoms with Gasteiger partial charge < -0.3 is 14.6 Å². The van der Waals surface area contributed by atoms with Crippen LogP contribution in [0.4, 0.5) is 0 Å². The summed E-state index contributed by atoms with van der Waals surface area (Å²) in [5.41, 5.74) is -0.305. The second-order valence-corrected chi connectivity index (χ2v) is 7.93. The Hall–Kier alpha value is -1.40. The third-order valence-electron chi connectivity index (χ3n) is 5.85. The molecule has 1 saturated carbocycles. The van der Waals surface area contributed by atoms with Crippen LogP contribution in [0.25, 0.3) is 0 Å². The average molecular weight is 363 g/mol. The summed E-state index contributed by atoms with van der Waals surface area (Å²) in [5.74, 6) is 1.77. The molecule has 1 aromatic rings. The van der Waals surface area contributed by atoms with E-state index in [9.17, 15) is 4.79 Å². The molecule has 0 atom stereocenters. The maximum absolute atomic E-state index is 13.1. The van der Waals surface area contributed by atoms with Crippen LogP contribution in [-0.2, 0) is 16.1 Å². The standard InChI is InChI=1S/C20H34N4O2/c1-17(2)18-21-10-12-23(18)11-6-9-22-19(25)20(7-4-3-5-8-20)24-13-15-26-16-14-24/h10,12,17H,3-9,11,13-16H2,1-2H3,(H,22,25). The first-order chi connectivity index (χ1) is 12.6. The molecule has 2 fully saturated rings. The number of hydrogen-bond donors (Lipinski definition) is 1. The number of rotatable bonds is 7. The van der Waals surface area contributed by atoms with Crippen molar-refractivity contribution in [2.45, 2.75) is 70.4 Å². The molecule has 6 heteroatoms. The number of imidazole rings is 1. The number of morpholine rings is 1. The number of ether oxygens (including phenoxy) is 1. The minimum atomic E-state index is -0.305. The van der Waals surface area contributed by atoms with E-state index in [-0.39, 0.29) is 11.4 Å². The van der Waals surface area contributed by atoms with Gasteiger partial charge in [-0.15, -0.1) is 0 Å². The van der Waals surface area contributed by atoms with Crippen LogP contribution in [0, 0.1) is 0 Å². The zero-order valence-electron chi connectivity index (χ0n) is 16.4. The molecule has 2 heterocycles. The van der Waals surface area contributed by atoms with Gasteiger partial charge >= 0.3 is 0 Å². The zero-order valence-corrected chi connectivity index (χ0v) is 16.4. The molecule has 1 aliphatic carbocycles. The summed E-state index contributed by atoms with van der Waals surface area (Å²) in [7, 11) is 0. The monoisotopic (exact) mass is 362 g/mol. The van der Waals surface area contributed by atoms with Gasteiger partial charge in [-0.25, -0.2) is 4.98 Å². The average Bonchev–Trinajstić information content (AvgIpc) is 3.15. The first-order valence-electron chi connectivity index (χ1n) is 10.3. The van der Waals surface area contributed by atoms with Gasteiger partial charge in [0.1, 0.15) is 11.4 Å². The van der Waals surface area contributed by atoms with E-state index in [2.05, 4.69) is 33.6 Å². The maximum atomic E-state index is 13.1. The highest BCUT2D eigenvalue weighted by atomic mass is 16.5. The molecule has 3 rings (SSSR count). The SMILES string of the molecule is CC(C)c1nccn1CCCNC(=O)C1(N2CCOCC2)CCCCC1. The van der Waals surface area contributed by atoms with Crippen molar-refractivity contribution in [3.05, 3.63) is 18.2 Å². The number of aromatic nitrogens is 2. The van der Waals surface area contributed by atoms with Crippen molar-refractivity contribution in [1.29, 1.82) is 0 Å². The smallest absolute Gasteiger partial charge is 0.240 e. The van der Waals surface area contributed by atoms with Gasteiger partial charge in [0, 0.05) is 44.5 Å². The van der Waals surface area contributed by atoms with Crippen molar-refractivity contribution < 1.29 is 9.53 Å². The van der Waals surface area contributed by atoms with Crippen molar-refractivity contribution >= 4 is 5.91 Å². The predicted molar refractivity (Wildman–Crippen MR) is 102 cm³/mol. The minimum absolute atomic E-state index is 0.230. The molecule has 2 aliphatic rings. The van der Waals surface area contributed by atoms with Crippen molar-refractivity contribution in [2.24, 2.45) is 0 Å². The molecule has 0 bridgehead atoms. The summed E-state index contributed by atoms with van der Waals surface area (Å²) in [5, 5.41) is 3.25. The van der Waals surface area contributed by atoms with Gasteiger partial charge in [0.25, 0.3) is 0 Å². The van der Waals surface area contributed by atoms with E-state index in [0.717, 1.165) is 77.3 Å². The predicted octanol–water partition coefficient (Wildman–Crippen LogP) is 2.55. The fraction of sp³-hybridized carbons (Fsp3) is 0.800. The molecule has 1 saturated heterocycles. The molecule has 6 nitrogen and oxygen atoms in total. The van der Waals surface area contributed by atoms with Crippen molar-refractivity contribution in [2.75, 3.05) is 32.8 Å². The molecule has 0 spiro atoms. The third kappa shape index (κ3) is 4.29. The van der Waals surface area contributed by atoms with Crippen LogP contribution in [0.15, 0.2) is 12.4 Å². The fourth-order valence-electron chi connectivity index (χ4n) is 4.44. The van der Waals surface area contributed by atoms with E-state index < -0.39 is 0 Å². The quantitative estimate of drug-likeness (QED) is 0.758. The van der Waals surface area contributed by atoms with Crippen LogP contribution in [0.3, 0.4) is 0 Å². The molecule has 0 aromatic carbocycles. The van der Waals surface area contributed by atoms with Crippen LogP contribution in [0.1, 0.15) is 64.1 Å². The first-order valence-corrected chi connectivity index (χ1v) is 10.3. The number of amides is 1. The summed E-state index contributed by atoms with van der Waals surface area (Å²) >= 11 is 0. The first kappa shape index (κ1) is 19.4. The van der Waals surface area contributed by atoms with E-state index in [4.69, 9.17) is 4.74 Å². The largest absolute Gasteiger partial charge is 0.379 e. The van der Waals surface area contributed by atoms with Crippen LogP contribution in [0.2, 0.25) is 0 Å². The topological polar surface area (TPSA) is 59.4 Å². The van der Waals surface area contributed by atoms with E-state index in [1.54, 1.807) is 0 Å². The molecule has 0 radical (unpaired) electrons. The van der Waals surface area contributed by atoms with E-state index in [0.29, 0.717) is 5.92 Å². The number of nitrogens with one attached hydrogen (secondary N) is 1. The molecular formula is C20H34N4O2. The lowest BCUT2D eigenvalue weighted by molar-refractivity contribution is -0.140. The summed E-state index contributed by atoms with van der Waals surface area (Å²) in [6, 6.07) is 0. The molecule has 1 amide bonds. The van der Waals surface area contributed by atoms with E-state index in [1.165, 1.54) is 6.42 Å². The van der Waals surface area contributed by atoms with E-state index in [1.807, 2.05) is 12.4 Å². The molecule has 146 valence electrons. The molecule has 26 heavy (non-hydrogen) atoms. The summed E-state index contributed by atoms with van der Waals surface area (Å²) in [4.78, 5) is 20.0. The highest BCUT2D eigenvalue weighted by Gasteiger charge is 2.44. The number of nitrogens with zero attached hydrogens (tertiary/aromatic N) is 3. The lowest BCUT2D eigenvalue weighted by Gasteiger charge is -2.46. The van der Waals surface area contributed by atoms with Gasteiger partial charge in [-0.05, 0) is 19.3 Å². The summed E-state index contributed by atoms with van der Waals surface area (Å²) in [6.45, 7) is 9.19. The molecule has 1 aromatic heterocycles. The second-order valence-electron chi connectivity index (χ2n) is 7.93. The lowest BCUT2D eigenvalue weighted by Crippen LogP contribution is -2.62. The van der Waals surface area contributed by atoms with Gasteiger partial charge in [0.15, 0.2) is 0 Å². The molecular weight excluding hydrogens is 328 g/mol. The Labute approximate surface area is 157 Å². The number of hydrogen-bond acceptors (Lipinski definition) is 4. The maximum Gasteiger partial charge on any atom is 0.240 e. The normalized spacial score (nSPS) is 21.0. The summed E-state index contributed by atoms with van der Waals surface area (Å²) < 4.78 is 7.71. The highest BCUT2D eigenvalue weighted by Crippen LogP contribution is 2.34. The van der Waals surface area contributed by atoms with E-state index >= 15 is 0 Å². The van der Waals surface area contributed by atoms with Gasteiger partial charge in [-0.1, -0.05) is 33.1 Å². The third-order valence-corrected chi connectivity index (χ3v) is 5.85. The Morgan fingerprint density at radius 2 is 2.00 bits per heavy atom. The Morgan fingerprint density at radius 1 is 1.27 bits per heavy atom. The Kier molecular flexibility index (Phi) is 6.70. The van der Waals surface area contributed by atoms with Gasteiger partial charge in [0.2, 0.25) is 5.91 Å². The van der Waals surface area contributed by atoms with Gasteiger partial charge in [0.05, 0.1) is 13.2 Å². The summed E-state index contributed by atoms with van der Waals surface area (Å²) in [6.07, 6.45) is 10.3. The number of carbonyl (C=O) groups is 1. The van der Waals surface area contributed by atoms with Crippen LogP contribution < -0.4 is 5.32 Å². The molecule has 0 unspecified atom stereocenters. The minimum Gasteiger partial charge on any atom is -0.379 e. The van der Waals surface area contributed by atoms with Crippen molar-refractivity contribution in [3.8, 4) is 0 Å². The highest BCUT2D eigenvalue weighted by molar-refractivity contribution is 5.86. The Bertz CT molecular complexity index is 572. The van der Waals surface area contributed by atoms with Crippen LogP contribution in [0.5, 0.6) is 0 Å². The van der Waals surface area contributed by atoms with Crippen LogP contribution >= 0.6 is 0 Å².